The van der Waals surface area contributed by atoms with Crippen LogP contribution in [0.1, 0.15) is 32.2 Å². The first kappa shape index (κ1) is 14.3. The van der Waals surface area contributed by atoms with Crippen LogP contribution < -0.4 is 10.6 Å². The molecule has 0 spiro atoms. The number of carbonyl (C=O) groups is 2. The lowest BCUT2D eigenvalue weighted by atomic mass is 9.90. The number of amides is 2. The van der Waals surface area contributed by atoms with Gasteiger partial charge in [-0.3, -0.25) is 9.59 Å². The van der Waals surface area contributed by atoms with Crippen LogP contribution >= 0.6 is 0 Å². The molecule has 0 aliphatic carbocycles. The molecule has 1 unspecified atom stereocenters. The minimum Gasteiger partial charge on any atom is -0.351 e. The Balaban J connectivity index is 1.71. The Morgan fingerprint density at radius 1 is 1.23 bits per heavy atom. The summed E-state index contributed by atoms with van der Waals surface area (Å²) >= 11 is 0. The highest BCUT2D eigenvalue weighted by molar-refractivity contribution is 5.97. The summed E-state index contributed by atoms with van der Waals surface area (Å²) in [6, 6.07) is 12.9. The maximum absolute atomic E-state index is 13.1. The van der Waals surface area contributed by atoms with Crippen molar-refractivity contribution in [2.24, 2.45) is 0 Å². The Labute approximate surface area is 127 Å². The molecular formula is C17H15FN2O2. The summed E-state index contributed by atoms with van der Waals surface area (Å²) in [5, 5.41) is 5.61. The molecule has 4 nitrogen and oxygen atoms in total. The van der Waals surface area contributed by atoms with Crippen LogP contribution in [-0.2, 0) is 0 Å². The predicted octanol–water partition coefficient (Wildman–Crippen LogP) is 2.08. The van der Waals surface area contributed by atoms with Crippen LogP contribution in [0.3, 0.4) is 0 Å². The molecule has 0 bridgehead atoms. The Hall–Kier alpha value is -2.69. The van der Waals surface area contributed by atoms with Gasteiger partial charge in [-0.25, -0.2) is 4.39 Å². The summed E-state index contributed by atoms with van der Waals surface area (Å²) in [6.07, 6.45) is 0. The number of rotatable bonds is 3. The zero-order chi connectivity index (χ0) is 15.5. The second kappa shape index (κ2) is 5.97. The highest BCUT2D eigenvalue weighted by Gasteiger charge is 2.25. The normalized spacial score (nSPS) is 16.6. The molecule has 2 aromatic carbocycles. The zero-order valence-electron chi connectivity index (χ0n) is 11.8. The third kappa shape index (κ3) is 2.83. The van der Waals surface area contributed by atoms with Crippen molar-refractivity contribution in [1.82, 2.24) is 10.6 Å². The van der Waals surface area contributed by atoms with E-state index in [2.05, 4.69) is 10.6 Å². The van der Waals surface area contributed by atoms with Gasteiger partial charge in [0.2, 0.25) is 0 Å². The molecule has 112 valence electrons. The van der Waals surface area contributed by atoms with Crippen molar-refractivity contribution in [3.63, 3.8) is 0 Å². The quantitative estimate of drug-likeness (QED) is 0.911. The van der Waals surface area contributed by atoms with E-state index in [1.54, 1.807) is 12.1 Å². The van der Waals surface area contributed by atoms with Crippen LogP contribution in [0, 0.1) is 5.82 Å². The molecule has 1 aliphatic rings. The van der Waals surface area contributed by atoms with Crippen molar-refractivity contribution in [3.8, 4) is 0 Å². The lowest BCUT2D eigenvalue weighted by Gasteiger charge is -2.25. The second-order valence-electron chi connectivity index (χ2n) is 5.21. The Morgan fingerprint density at radius 3 is 2.86 bits per heavy atom. The Bertz CT molecular complexity index is 730. The molecule has 1 heterocycles. The monoisotopic (exact) mass is 298 g/mol. The fourth-order valence-electron chi connectivity index (χ4n) is 2.61. The van der Waals surface area contributed by atoms with Gasteiger partial charge in [-0.2, -0.15) is 0 Å². The van der Waals surface area contributed by atoms with Gasteiger partial charge in [0, 0.05) is 30.1 Å². The Morgan fingerprint density at radius 2 is 2.05 bits per heavy atom. The third-order valence-corrected chi connectivity index (χ3v) is 3.75. The average Bonchev–Trinajstić information content (AvgIpc) is 2.54. The smallest absolute Gasteiger partial charge is 0.251 e. The van der Waals surface area contributed by atoms with Crippen molar-refractivity contribution in [2.75, 3.05) is 13.1 Å². The van der Waals surface area contributed by atoms with Crippen LogP contribution in [0.2, 0.25) is 0 Å². The van der Waals surface area contributed by atoms with E-state index >= 15 is 0 Å². The van der Waals surface area contributed by atoms with Crippen LogP contribution in [-0.4, -0.2) is 24.9 Å². The van der Waals surface area contributed by atoms with E-state index in [0.717, 1.165) is 5.56 Å². The van der Waals surface area contributed by atoms with Crippen molar-refractivity contribution < 1.29 is 14.0 Å². The number of fused-ring (bicyclic) bond motifs is 1. The van der Waals surface area contributed by atoms with Gasteiger partial charge in [-0.1, -0.05) is 24.3 Å². The van der Waals surface area contributed by atoms with Gasteiger partial charge in [0.15, 0.2) is 0 Å². The lowest BCUT2D eigenvalue weighted by Crippen LogP contribution is -2.40. The molecule has 0 aromatic heterocycles. The molecule has 1 aliphatic heterocycles. The summed E-state index contributed by atoms with van der Waals surface area (Å²) in [6.45, 7) is 0.853. The van der Waals surface area contributed by atoms with E-state index in [9.17, 15) is 14.0 Å². The molecule has 2 aromatic rings. The maximum atomic E-state index is 13.1. The molecule has 0 saturated carbocycles. The largest absolute Gasteiger partial charge is 0.351 e. The molecule has 0 radical (unpaired) electrons. The first-order valence-corrected chi connectivity index (χ1v) is 7.06. The van der Waals surface area contributed by atoms with Crippen LogP contribution in [0.25, 0.3) is 0 Å². The fourth-order valence-corrected chi connectivity index (χ4v) is 2.61. The molecule has 3 rings (SSSR count). The highest BCUT2D eigenvalue weighted by Crippen LogP contribution is 2.23. The SMILES string of the molecule is O=C(NCC1CNC(=O)c2ccccc21)c1cccc(F)c1. The van der Waals surface area contributed by atoms with Gasteiger partial charge in [0.05, 0.1) is 0 Å². The van der Waals surface area contributed by atoms with Crippen molar-refractivity contribution in [3.05, 3.63) is 71.0 Å². The number of carbonyl (C=O) groups excluding carboxylic acids is 2. The third-order valence-electron chi connectivity index (χ3n) is 3.75. The number of hydrogen-bond acceptors (Lipinski definition) is 2. The highest BCUT2D eigenvalue weighted by atomic mass is 19.1. The number of hydrogen-bond donors (Lipinski definition) is 2. The molecule has 2 N–H and O–H groups in total. The summed E-state index contributed by atoms with van der Waals surface area (Å²) in [7, 11) is 0. The van der Waals surface area contributed by atoms with Crippen LogP contribution in [0.4, 0.5) is 4.39 Å². The number of nitrogens with one attached hydrogen (secondary N) is 2. The van der Waals surface area contributed by atoms with E-state index in [1.807, 2.05) is 18.2 Å². The van der Waals surface area contributed by atoms with E-state index < -0.39 is 5.82 Å². The van der Waals surface area contributed by atoms with Crippen molar-refractivity contribution >= 4 is 11.8 Å². The molecule has 1 atom stereocenters. The molecule has 22 heavy (non-hydrogen) atoms. The average molecular weight is 298 g/mol. The van der Waals surface area contributed by atoms with E-state index in [-0.39, 0.29) is 23.3 Å². The van der Waals surface area contributed by atoms with E-state index in [1.165, 1.54) is 18.2 Å². The minimum atomic E-state index is -0.442. The van der Waals surface area contributed by atoms with Gasteiger partial charge < -0.3 is 10.6 Å². The van der Waals surface area contributed by atoms with Gasteiger partial charge in [0.1, 0.15) is 5.82 Å². The second-order valence-corrected chi connectivity index (χ2v) is 5.21. The number of benzene rings is 2. The van der Waals surface area contributed by atoms with Gasteiger partial charge in [-0.05, 0) is 29.8 Å². The molecule has 0 saturated heterocycles. The first-order chi connectivity index (χ1) is 10.6. The van der Waals surface area contributed by atoms with E-state index in [4.69, 9.17) is 0 Å². The number of halogens is 1. The summed E-state index contributed by atoms with van der Waals surface area (Å²) in [5.41, 5.74) is 1.85. The standard InChI is InChI=1S/C17H15FN2O2/c18-13-5-3-4-11(8-13)16(21)19-9-12-10-20-17(22)15-7-2-1-6-14(12)15/h1-8,12H,9-10H2,(H,19,21)(H,20,22). The first-order valence-electron chi connectivity index (χ1n) is 7.06. The van der Waals surface area contributed by atoms with Crippen molar-refractivity contribution in [1.29, 1.82) is 0 Å². The summed E-state index contributed by atoms with van der Waals surface area (Å²) in [5.74, 6) is -0.855. The predicted molar refractivity (Wildman–Crippen MR) is 80.2 cm³/mol. The molecule has 2 amide bonds. The molecular weight excluding hydrogens is 283 g/mol. The lowest BCUT2D eigenvalue weighted by molar-refractivity contribution is 0.0935. The summed E-state index contributed by atoms with van der Waals surface area (Å²) < 4.78 is 13.1. The van der Waals surface area contributed by atoms with Crippen molar-refractivity contribution in [2.45, 2.75) is 5.92 Å². The Kier molecular flexibility index (Phi) is 3.87. The fraction of sp³-hybridized carbons (Fsp3) is 0.176. The maximum Gasteiger partial charge on any atom is 0.251 e. The zero-order valence-corrected chi connectivity index (χ0v) is 11.8. The van der Waals surface area contributed by atoms with Gasteiger partial charge >= 0.3 is 0 Å². The topological polar surface area (TPSA) is 58.2 Å². The summed E-state index contributed by atoms with van der Waals surface area (Å²) in [4.78, 5) is 23.8. The van der Waals surface area contributed by atoms with Gasteiger partial charge in [0.25, 0.3) is 11.8 Å². The molecule has 5 heteroatoms. The molecule has 0 fully saturated rings. The van der Waals surface area contributed by atoms with Crippen LogP contribution in [0.15, 0.2) is 48.5 Å². The van der Waals surface area contributed by atoms with Gasteiger partial charge in [-0.15, -0.1) is 0 Å². The van der Waals surface area contributed by atoms with Crippen LogP contribution in [0.5, 0.6) is 0 Å². The van der Waals surface area contributed by atoms with E-state index in [0.29, 0.717) is 18.7 Å². The minimum absolute atomic E-state index is 0.00593.